The predicted molar refractivity (Wildman–Crippen MR) is 42.2 cm³/mol. The fourth-order valence-corrected chi connectivity index (χ4v) is 1.00. The molecule has 0 aromatic heterocycles. The van der Waals surface area contributed by atoms with Crippen molar-refractivity contribution in [2.24, 2.45) is 5.92 Å². The molecule has 64 valence electrons. The molecule has 0 radical (unpaired) electrons. The first kappa shape index (κ1) is 8.53. The molecule has 0 spiro atoms. The van der Waals surface area contributed by atoms with Crippen molar-refractivity contribution in [3.63, 3.8) is 0 Å². The number of hydrogen-bond donors (Lipinski definition) is 1. The topological polar surface area (TPSA) is 38.3 Å². The third-order valence-corrected chi connectivity index (χ3v) is 1.79. The monoisotopic (exact) mass is 157 g/mol. The second kappa shape index (κ2) is 4.34. The Morgan fingerprint density at radius 3 is 2.82 bits per heavy atom. The Balaban J connectivity index is 2.00. The van der Waals surface area contributed by atoms with Crippen LogP contribution >= 0.6 is 0 Å². The summed E-state index contributed by atoms with van der Waals surface area (Å²) in [5, 5.41) is 3.11. The Bertz CT molecular complexity index is 132. The van der Waals surface area contributed by atoms with E-state index in [1.165, 1.54) is 0 Å². The van der Waals surface area contributed by atoms with Gasteiger partial charge in [-0.25, -0.2) is 0 Å². The van der Waals surface area contributed by atoms with Gasteiger partial charge in [0.05, 0.1) is 13.0 Å². The van der Waals surface area contributed by atoms with Crippen LogP contribution in [0.2, 0.25) is 0 Å². The van der Waals surface area contributed by atoms with Crippen LogP contribution in [0.4, 0.5) is 0 Å². The highest BCUT2D eigenvalue weighted by Crippen LogP contribution is 2.08. The summed E-state index contributed by atoms with van der Waals surface area (Å²) in [6, 6.07) is 0. The molecule has 0 unspecified atom stereocenters. The van der Waals surface area contributed by atoms with E-state index in [0.29, 0.717) is 18.9 Å². The summed E-state index contributed by atoms with van der Waals surface area (Å²) in [7, 11) is 0. The van der Waals surface area contributed by atoms with Crippen LogP contribution in [-0.2, 0) is 9.53 Å². The van der Waals surface area contributed by atoms with Crippen molar-refractivity contribution < 1.29 is 9.53 Å². The lowest BCUT2D eigenvalue weighted by Crippen LogP contribution is -2.43. The van der Waals surface area contributed by atoms with Gasteiger partial charge in [0.25, 0.3) is 0 Å². The molecule has 0 bridgehead atoms. The minimum absolute atomic E-state index is 0.0432. The average molecular weight is 157 g/mol. The number of nitrogens with one attached hydrogen (secondary N) is 1. The van der Waals surface area contributed by atoms with Crippen LogP contribution in [-0.4, -0.2) is 25.7 Å². The standard InChI is InChI=1S/C8H15NO2/c1-2-3-11-8(10)4-7-5-9-6-7/h7,9H,2-6H2,1H3. The van der Waals surface area contributed by atoms with E-state index in [1.807, 2.05) is 6.92 Å². The SMILES string of the molecule is CCCOC(=O)CC1CNC1. The molecule has 3 nitrogen and oxygen atoms in total. The zero-order valence-electron chi connectivity index (χ0n) is 6.93. The summed E-state index contributed by atoms with van der Waals surface area (Å²) in [6.45, 7) is 4.51. The van der Waals surface area contributed by atoms with Crippen LogP contribution in [0.3, 0.4) is 0 Å². The minimum atomic E-state index is -0.0432. The number of carbonyl (C=O) groups excluding carboxylic acids is 1. The van der Waals surface area contributed by atoms with Crippen molar-refractivity contribution in [2.45, 2.75) is 19.8 Å². The first-order valence-electron chi connectivity index (χ1n) is 4.19. The summed E-state index contributed by atoms with van der Waals surface area (Å²) in [5.74, 6) is 0.484. The van der Waals surface area contributed by atoms with Crippen LogP contribution in [0, 0.1) is 5.92 Å². The Labute approximate surface area is 67.1 Å². The number of esters is 1. The molecule has 1 heterocycles. The molecule has 1 aliphatic heterocycles. The van der Waals surface area contributed by atoms with Crippen LogP contribution in [0.5, 0.6) is 0 Å². The van der Waals surface area contributed by atoms with E-state index in [-0.39, 0.29) is 5.97 Å². The van der Waals surface area contributed by atoms with Gasteiger partial charge in [-0.1, -0.05) is 6.92 Å². The zero-order chi connectivity index (χ0) is 8.10. The van der Waals surface area contributed by atoms with Gasteiger partial charge in [-0.05, 0) is 25.4 Å². The Morgan fingerprint density at radius 1 is 1.64 bits per heavy atom. The van der Waals surface area contributed by atoms with Gasteiger partial charge in [-0.3, -0.25) is 4.79 Å². The Morgan fingerprint density at radius 2 is 2.36 bits per heavy atom. The van der Waals surface area contributed by atoms with E-state index in [0.717, 1.165) is 19.5 Å². The molecule has 0 aromatic carbocycles. The van der Waals surface area contributed by atoms with Crippen molar-refractivity contribution in [3.05, 3.63) is 0 Å². The molecule has 1 rings (SSSR count). The maximum absolute atomic E-state index is 11.0. The quantitative estimate of drug-likeness (QED) is 0.606. The van der Waals surface area contributed by atoms with E-state index in [9.17, 15) is 4.79 Å². The van der Waals surface area contributed by atoms with E-state index in [4.69, 9.17) is 4.74 Å². The van der Waals surface area contributed by atoms with Crippen molar-refractivity contribution in [1.29, 1.82) is 0 Å². The Hall–Kier alpha value is -0.570. The normalized spacial score (nSPS) is 17.5. The fourth-order valence-electron chi connectivity index (χ4n) is 1.00. The first-order chi connectivity index (χ1) is 5.33. The largest absolute Gasteiger partial charge is 0.466 e. The van der Waals surface area contributed by atoms with Crippen LogP contribution < -0.4 is 5.32 Å². The van der Waals surface area contributed by atoms with E-state index in [2.05, 4.69) is 5.32 Å². The van der Waals surface area contributed by atoms with Gasteiger partial charge in [0, 0.05) is 0 Å². The zero-order valence-corrected chi connectivity index (χ0v) is 6.93. The third-order valence-electron chi connectivity index (χ3n) is 1.79. The molecule has 1 fully saturated rings. The van der Waals surface area contributed by atoms with E-state index < -0.39 is 0 Å². The summed E-state index contributed by atoms with van der Waals surface area (Å²) < 4.78 is 4.93. The van der Waals surface area contributed by atoms with Gasteiger partial charge in [-0.15, -0.1) is 0 Å². The Kier molecular flexibility index (Phi) is 3.36. The van der Waals surface area contributed by atoms with Crippen molar-refractivity contribution >= 4 is 5.97 Å². The number of hydrogen-bond acceptors (Lipinski definition) is 3. The van der Waals surface area contributed by atoms with Crippen molar-refractivity contribution in [3.8, 4) is 0 Å². The van der Waals surface area contributed by atoms with E-state index in [1.54, 1.807) is 0 Å². The number of rotatable bonds is 4. The summed E-state index contributed by atoms with van der Waals surface area (Å²) in [4.78, 5) is 11.0. The average Bonchev–Trinajstić information content (AvgIpc) is 1.93. The predicted octanol–water partition coefficient (Wildman–Crippen LogP) is 0.549. The molecular weight excluding hydrogens is 142 g/mol. The van der Waals surface area contributed by atoms with Crippen molar-refractivity contribution in [1.82, 2.24) is 5.32 Å². The third kappa shape index (κ3) is 2.89. The highest BCUT2D eigenvalue weighted by atomic mass is 16.5. The first-order valence-corrected chi connectivity index (χ1v) is 4.19. The maximum Gasteiger partial charge on any atom is 0.306 e. The molecular formula is C8H15NO2. The second-order valence-electron chi connectivity index (χ2n) is 2.95. The number of carbonyl (C=O) groups is 1. The van der Waals surface area contributed by atoms with Crippen LogP contribution in [0.25, 0.3) is 0 Å². The molecule has 0 saturated carbocycles. The molecule has 0 aromatic rings. The van der Waals surface area contributed by atoms with Gasteiger partial charge in [-0.2, -0.15) is 0 Å². The highest BCUT2D eigenvalue weighted by Gasteiger charge is 2.20. The molecule has 0 aliphatic carbocycles. The smallest absolute Gasteiger partial charge is 0.306 e. The summed E-state index contributed by atoms with van der Waals surface area (Å²) in [5.41, 5.74) is 0. The van der Waals surface area contributed by atoms with Crippen LogP contribution in [0.15, 0.2) is 0 Å². The highest BCUT2D eigenvalue weighted by molar-refractivity contribution is 5.69. The van der Waals surface area contributed by atoms with E-state index >= 15 is 0 Å². The lowest BCUT2D eigenvalue weighted by Gasteiger charge is -2.25. The number of ether oxygens (including phenoxy) is 1. The molecule has 1 saturated heterocycles. The second-order valence-corrected chi connectivity index (χ2v) is 2.95. The lowest BCUT2D eigenvalue weighted by molar-refractivity contribution is -0.145. The van der Waals surface area contributed by atoms with Gasteiger partial charge < -0.3 is 10.1 Å². The fraction of sp³-hybridized carbons (Fsp3) is 0.875. The minimum Gasteiger partial charge on any atom is -0.466 e. The molecule has 1 N–H and O–H groups in total. The lowest BCUT2D eigenvalue weighted by atomic mass is 10.00. The van der Waals surface area contributed by atoms with Gasteiger partial charge in [0.1, 0.15) is 0 Å². The molecule has 11 heavy (non-hydrogen) atoms. The van der Waals surface area contributed by atoms with Crippen molar-refractivity contribution in [2.75, 3.05) is 19.7 Å². The molecule has 0 atom stereocenters. The van der Waals surface area contributed by atoms with Gasteiger partial charge in [0.15, 0.2) is 0 Å². The van der Waals surface area contributed by atoms with Crippen LogP contribution in [0.1, 0.15) is 19.8 Å². The molecule has 3 heteroatoms. The van der Waals surface area contributed by atoms with Gasteiger partial charge in [0.2, 0.25) is 0 Å². The molecule has 0 amide bonds. The molecule has 1 aliphatic rings. The van der Waals surface area contributed by atoms with Gasteiger partial charge >= 0.3 is 5.97 Å². The summed E-state index contributed by atoms with van der Waals surface area (Å²) >= 11 is 0. The maximum atomic E-state index is 11.0. The summed E-state index contributed by atoms with van der Waals surface area (Å²) in [6.07, 6.45) is 1.50.